The molecular formula is C16H24N2OS. The van der Waals surface area contributed by atoms with Gasteiger partial charge >= 0.3 is 0 Å². The van der Waals surface area contributed by atoms with Crippen LogP contribution in [0.4, 0.5) is 0 Å². The highest BCUT2D eigenvalue weighted by molar-refractivity contribution is 8.00. The molecule has 1 fully saturated rings. The topological polar surface area (TPSA) is 32.3 Å². The van der Waals surface area contributed by atoms with E-state index in [1.165, 1.54) is 16.9 Å². The molecule has 1 atom stereocenters. The lowest BCUT2D eigenvalue weighted by Crippen LogP contribution is -2.36. The number of carbonyl (C=O) groups excluding carboxylic acids is 1. The molecule has 0 saturated carbocycles. The molecule has 1 aromatic carbocycles. The number of amides is 1. The lowest BCUT2D eigenvalue weighted by atomic mass is 10.1. The van der Waals surface area contributed by atoms with E-state index >= 15 is 0 Å². The number of carbonyl (C=O) groups is 1. The first-order valence-corrected chi connectivity index (χ1v) is 8.37. The van der Waals surface area contributed by atoms with Crippen LogP contribution < -0.4 is 5.32 Å². The van der Waals surface area contributed by atoms with E-state index in [2.05, 4.69) is 36.5 Å². The van der Waals surface area contributed by atoms with Crippen LogP contribution in [0.2, 0.25) is 0 Å². The van der Waals surface area contributed by atoms with E-state index < -0.39 is 0 Å². The second kappa shape index (κ2) is 7.70. The molecule has 2 rings (SSSR count). The summed E-state index contributed by atoms with van der Waals surface area (Å²) in [7, 11) is 1.96. The van der Waals surface area contributed by atoms with E-state index in [4.69, 9.17) is 0 Å². The zero-order valence-corrected chi connectivity index (χ0v) is 13.2. The summed E-state index contributed by atoms with van der Waals surface area (Å²) in [5.41, 5.74) is 1.27. The van der Waals surface area contributed by atoms with Gasteiger partial charge < -0.3 is 10.2 Å². The number of likely N-dealkylation sites (tertiary alicyclic amines) is 1. The highest BCUT2D eigenvalue weighted by Crippen LogP contribution is 2.23. The van der Waals surface area contributed by atoms with Crippen LogP contribution in [0, 0.1) is 0 Å². The van der Waals surface area contributed by atoms with Crippen LogP contribution in [0.5, 0.6) is 0 Å². The van der Waals surface area contributed by atoms with E-state index in [1.54, 1.807) is 11.8 Å². The molecule has 0 bridgehead atoms. The van der Waals surface area contributed by atoms with Gasteiger partial charge in [-0.25, -0.2) is 0 Å². The summed E-state index contributed by atoms with van der Waals surface area (Å²) in [6.07, 6.45) is 3.58. The molecule has 4 heteroatoms. The van der Waals surface area contributed by atoms with Crippen LogP contribution in [-0.2, 0) is 4.79 Å². The average molecular weight is 292 g/mol. The maximum Gasteiger partial charge on any atom is 0.232 e. The summed E-state index contributed by atoms with van der Waals surface area (Å²) >= 11 is 1.65. The van der Waals surface area contributed by atoms with Crippen LogP contribution in [0.15, 0.2) is 29.2 Å². The van der Waals surface area contributed by atoms with Gasteiger partial charge in [0.2, 0.25) is 5.91 Å². The van der Waals surface area contributed by atoms with E-state index in [-0.39, 0.29) is 5.91 Å². The zero-order chi connectivity index (χ0) is 14.4. The first-order valence-electron chi connectivity index (χ1n) is 7.38. The summed E-state index contributed by atoms with van der Waals surface area (Å²) in [4.78, 5) is 15.3. The van der Waals surface area contributed by atoms with Crippen LogP contribution in [-0.4, -0.2) is 36.7 Å². The third-order valence-electron chi connectivity index (χ3n) is 3.86. The molecule has 1 aliphatic heterocycles. The number of thioether (sulfide) groups is 1. The lowest BCUT2D eigenvalue weighted by Gasteiger charge is -2.26. The van der Waals surface area contributed by atoms with Crippen molar-refractivity contribution in [1.82, 2.24) is 10.2 Å². The van der Waals surface area contributed by atoms with Gasteiger partial charge in [0.1, 0.15) is 0 Å². The lowest BCUT2D eigenvalue weighted by molar-refractivity contribution is -0.129. The van der Waals surface area contributed by atoms with Crippen molar-refractivity contribution in [3.8, 4) is 0 Å². The molecule has 0 spiro atoms. The minimum absolute atomic E-state index is 0.279. The fourth-order valence-corrected chi connectivity index (χ4v) is 3.29. The molecule has 0 aliphatic carbocycles. The number of rotatable bonds is 5. The molecule has 1 unspecified atom stereocenters. The molecule has 1 heterocycles. The Morgan fingerprint density at radius 1 is 1.35 bits per heavy atom. The third-order valence-corrected chi connectivity index (χ3v) is 4.84. The van der Waals surface area contributed by atoms with Crippen molar-refractivity contribution in [3.05, 3.63) is 29.8 Å². The van der Waals surface area contributed by atoms with Crippen molar-refractivity contribution in [3.63, 3.8) is 0 Å². The molecule has 1 aliphatic rings. The Morgan fingerprint density at radius 3 is 2.80 bits per heavy atom. The third kappa shape index (κ3) is 4.25. The molecule has 1 N–H and O–H groups in total. The number of hydrogen-bond donors (Lipinski definition) is 1. The number of benzene rings is 1. The van der Waals surface area contributed by atoms with Crippen molar-refractivity contribution in [2.75, 3.05) is 25.9 Å². The van der Waals surface area contributed by atoms with E-state index in [0.717, 1.165) is 25.9 Å². The number of piperidine rings is 1. The summed E-state index contributed by atoms with van der Waals surface area (Å²) in [5, 5.41) is 3.24. The highest BCUT2D eigenvalue weighted by Gasteiger charge is 2.16. The fraction of sp³-hybridized carbons (Fsp3) is 0.562. The van der Waals surface area contributed by atoms with Crippen molar-refractivity contribution in [2.24, 2.45) is 0 Å². The molecule has 1 saturated heterocycles. The van der Waals surface area contributed by atoms with Gasteiger partial charge in [-0.15, -0.1) is 11.8 Å². The van der Waals surface area contributed by atoms with Gasteiger partial charge in [0.25, 0.3) is 0 Å². The van der Waals surface area contributed by atoms with E-state index in [9.17, 15) is 4.79 Å². The quantitative estimate of drug-likeness (QED) is 0.847. The Labute approximate surface area is 126 Å². The van der Waals surface area contributed by atoms with Crippen molar-refractivity contribution >= 4 is 17.7 Å². The molecule has 110 valence electrons. The summed E-state index contributed by atoms with van der Waals surface area (Å²) in [6.45, 7) is 4.02. The summed E-state index contributed by atoms with van der Waals surface area (Å²) in [6, 6.07) is 8.79. The number of nitrogens with zero attached hydrogens (tertiary/aromatic N) is 1. The van der Waals surface area contributed by atoms with Gasteiger partial charge in [-0.1, -0.05) is 12.1 Å². The predicted molar refractivity (Wildman–Crippen MR) is 85.1 cm³/mol. The van der Waals surface area contributed by atoms with Gasteiger partial charge in [-0.05, 0) is 50.9 Å². The van der Waals surface area contributed by atoms with Crippen molar-refractivity contribution in [1.29, 1.82) is 0 Å². The predicted octanol–water partition coefficient (Wildman–Crippen LogP) is 3.07. The Morgan fingerprint density at radius 2 is 2.10 bits per heavy atom. The molecule has 20 heavy (non-hydrogen) atoms. The minimum atomic E-state index is 0.279. The Hall–Kier alpha value is -1.00. The zero-order valence-electron chi connectivity index (χ0n) is 12.4. The van der Waals surface area contributed by atoms with Gasteiger partial charge in [-0.2, -0.15) is 0 Å². The smallest absolute Gasteiger partial charge is 0.232 e. The van der Waals surface area contributed by atoms with Crippen LogP contribution in [0.1, 0.15) is 37.8 Å². The highest BCUT2D eigenvalue weighted by atomic mass is 32.2. The van der Waals surface area contributed by atoms with Crippen LogP contribution in [0.25, 0.3) is 0 Å². The molecule has 0 radical (unpaired) electrons. The minimum Gasteiger partial charge on any atom is -0.342 e. The Kier molecular flexibility index (Phi) is 5.92. The molecular weight excluding hydrogens is 268 g/mol. The normalized spacial score (nSPS) is 17.0. The summed E-state index contributed by atoms with van der Waals surface area (Å²) in [5.74, 6) is 0.832. The maximum absolute atomic E-state index is 12.1. The molecule has 0 aromatic heterocycles. The second-order valence-corrected chi connectivity index (χ2v) is 6.36. The molecule has 1 amide bonds. The van der Waals surface area contributed by atoms with Gasteiger partial charge in [-0.3, -0.25) is 4.79 Å². The monoisotopic (exact) mass is 292 g/mol. The summed E-state index contributed by atoms with van der Waals surface area (Å²) < 4.78 is 0. The first kappa shape index (κ1) is 15.4. The van der Waals surface area contributed by atoms with Gasteiger partial charge in [0.15, 0.2) is 0 Å². The van der Waals surface area contributed by atoms with Crippen LogP contribution >= 0.6 is 11.8 Å². The molecule has 1 aromatic rings. The van der Waals surface area contributed by atoms with Gasteiger partial charge in [0.05, 0.1) is 5.75 Å². The fourth-order valence-electron chi connectivity index (χ4n) is 2.42. The maximum atomic E-state index is 12.1. The Bertz CT molecular complexity index is 444. The van der Waals surface area contributed by atoms with Gasteiger partial charge in [0, 0.05) is 24.0 Å². The SMILES string of the molecule is CNC(C)c1cccc(SCC(=O)N2CCCCC2)c1. The van der Waals surface area contributed by atoms with Crippen molar-refractivity contribution < 1.29 is 4.79 Å². The number of nitrogens with one attached hydrogen (secondary N) is 1. The van der Waals surface area contributed by atoms with Crippen molar-refractivity contribution in [2.45, 2.75) is 37.1 Å². The first-order chi connectivity index (χ1) is 9.70. The standard InChI is InChI=1S/C16H24N2OS/c1-13(17-2)14-7-6-8-15(11-14)20-12-16(19)18-9-4-3-5-10-18/h6-8,11,13,17H,3-5,9-10,12H2,1-2H3. The number of hydrogen-bond acceptors (Lipinski definition) is 3. The van der Waals surface area contributed by atoms with Crippen LogP contribution in [0.3, 0.4) is 0 Å². The largest absolute Gasteiger partial charge is 0.342 e. The van der Waals surface area contributed by atoms with E-state index in [0.29, 0.717) is 11.8 Å². The second-order valence-electron chi connectivity index (χ2n) is 5.31. The molecule has 3 nitrogen and oxygen atoms in total. The Balaban J connectivity index is 1.88. The average Bonchev–Trinajstić information content (AvgIpc) is 2.53. The van der Waals surface area contributed by atoms with E-state index in [1.807, 2.05) is 11.9 Å².